The molecule has 0 spiro atoms. The molecule has 6 rings (SSSR count). The van der Waals surface area contributed by atoms with Gasteiger partial charge in [0, 0.05) is 99.5 Å². The number of aromatic amines is 1. The fraction of sp³-hybridized carbons (Fsp3) is 0.512. The van der Waals surface area contributed by atoms with Crippen LogP contribution in [0.4, 0.5) is 14.9 Å². The molecule has 3 aromatic rings. The molecule has 0 radical (unpaired) electrons. The lowest BCUT2D eigenvalue weighted by Gasteiger charge is -2.40. The van der Waals surface area contributed by atoms with E-state index in [0.29, 0.717) is 90.0 Å². The van der Waals surface area contributed by atoms with Crippen LogP contribution in [-0.2, 0) is 16.0 Å². The summed E-state index contributed by atoms with van der Waals surface area (Å²) >= 11 is 3.38. The first kappa shape index (κ1) is 44.5. The van der Waals surface area contributed by atoms with Gasteiger partial charge in [0.05, 0.1) is 23.5 Å². The monoisotopic (exact) mass is 891 g/mol. The molecule has 1 aromatic carbocycles. The van der Waals surface area contributed by atoms with Crippen molar-refractivity contribution in [1.29, 1.82) is 0 Å². The number of nitrogens with one attached hydrogen (secondary N) is 2. The van der Waals surface area contributed by atoms with E-state index in [1.54, 1.807) is 72.9 Å². The molecule has 0 unspecified atom stereocenters. The summed E-state index contributed by atoms with van der Waals surface area (Å²) in [5, 5.41) is 10.6. The first-order chi connectivity index (χ1) is 28.6. The fourth-order valence-corrected chi connectivity index (χ4v) is 8.33. The lowest BCUT2D eigenvalue weighted by Crippen LogP contribution is -2.55. The van der Waals surface area contributed by atoms with E-state index in [0.717, 1.165) is 45.6 Å². The first-order valence-electron chi connectivity index (χ1n) is 20.6. The molecule has 15 nitrogen and oxygen atoms in total. The van der Waals surface area contributed by atoms with E-state index in [9.17, 15) is 24.0 Å². The number of amides is 4. The molecule has 17 heteroatoms. The molecule has 3 saturated heterocycles. The van der Waals surface area contributed by atoms with Crippen molar-refractivity contribution in [2.45, 2.75) is 59.5 Å². The Morgan fingerprint density at radius 2 is 1.52 bits per heavy atom. The van der Waals surface area contributed by atoms with Crippen molar-refractivity contribution in [1.82, 2.24) is 39.7 Å². The number of hydrogen-bond acceptors (Lipinski definition) is 10. The minimum absolute atomic E-state index is 0.0195. The number of likely N-dealkylation sites (tertiary alicyclic amines) is 1. The topological polar surface area (TPSA) is 164 Å². The van der Waals surface area contributed by atoms with Crippen molar-refractivity contribution in [2.75, 3.05) is 83.9 Å². The van der Waals surface area contributed by atoms with Crippen LogP contribution in [0.5, 0.6) is 0 Å². The van der Waals surface area contributed by atoms with E-state index in [4.69, 9.17) is 4.74 Å². The van der Waals surface area contributed by atoms with Gasteiger partial charge in [-0.2, -0.15) is 5.10 Å². The summed E-state index contributed by atoms with van der Waals surface area (Å²) in [7, 11) is 0. The van der Waals surface area contributed by atoms with Crippen LogP contribution in [0.1, 0.15) is 79.6 Å². The summed E-state index contributed by atoms with van der Waals surface area (Å²) in [4.78, 5) is 79.2. The number of anilines is 1. The van der Waals surface area contributed by atoms with E-state index >= 15 is 4.39 Å². The third-order valence-electron chi connectivity index (χ3n) is 11.2. The third kappa shape index (κ3) is 11.2. The molecule has 60 heavy (non-hydrogen) atoms. The number of benzene rings is 1. The van der Waals surface area contributed by atoms with Gasteiger partial charge in [-0.1, -0.05) is 18.2 Å². The normalized spacial score (nSPS) is 17.9. The van der Waals surface area contributed by atoms with Gasteiger partial charge in [0.25, 0.3) is 17.4 Å². The largest absolute Gasteiger partial charge is 0.444 e. The molecule has 0 bridgehead atoms. The predicted octanol–water partition coefficient (Wildman–Crippen LogP) is 3.06. The lowest BCUT2D eigenvalue weighted by atomic mass is 9.95. The van der Waals surface area contributed by atoms with E-state index < -0.39 is 23.4 Å². The number of pyridine rings is 1. The number of piperazine rings is 2. The third-order valence-corrected chi connectivity index (χ3v) is 11.6. The molecule has 5 heterocycles. The summed E-state index contributed by atoms with van der Waals surface area (Å²) in [5.74, 6) is -0.809. The minimum Gasteiger partial charge on any atom is -0.444 e. The smallest absolute Gasteiger partial charge is 0.412 e. The Labute approximate surface area is 357 Å². The van der Waals surface area contributed by atoms with Gasteiger partial charge in [-0.3, -0.25) is 29.4 Å². The van der Waals surface area contributed by atoms with Crippen LogP contribution in [0.25, 0.3) is 12.2 Å². The number of carbonyl (C=O) groups is 4. The maximum Gasteiger partial charge on any atom is 0.412 e. The van der Waals surface area contributed by atoms with E-state index in [2.05, 4.69) is 46.2 Å². The number of aromatic nitrogens is 3. The molecule has 0 saturated carbocycles. The maximum atomic E-state index is 15.0. The molecule has 3 aliphatic rings. The Balaban J connectivity index is 0.925. The van der Waals surface area contributed by atoms with Crippen LogP contribution in [0.2, 0.25) is 0 Å². The van der Waals surface area contributed by atoms with Gasteiger partial charge in [-0.05, 0) is 93.1 Å². The van der Waals surface area contributed by atoms with Crippen LogP contribution in [0, 0.1) is 11.7 Å². The Bertz CT molecular complexity index is 2260. The summed E-state index contributed by atoms with van der Waals surface area (Å²) in [5.41, 5.74) is 0.779. The van der Waals surface area contributed by atoms with Crippen molar-refractivity contribution < 1.29 is 28.3 Å². The molecular formula is C43H55BrFN9O6. The summed E-state index contributed by atoms with van der Waals surface area (Å²) in [6.45, 7) is 15.9. The molecule has 2 aromatic heterocycles. The minimum atomic E-state index is -0.688. The second kappa shape index (κ2) is 19.6. The zero-order valence-corrected chi connectivity index (χ0v) is 36.6. The number of rotatable bonds is 9. The van der Waals surface area contributed by atoms with Gasteiger partial charge in [0.2, 0.25) is 5.91 Å². The number of piperidine rings is 1. The number of hydrogen-bond donors (Lipinski definition) is 2. The molecule has 0 atom stereocenters. The molecule has 322 valence electrons. The highest BCUT2D eigenvalue weighted by molar-refractivity contribution is 9.10. The molecule has 0 aliphatic carbocycles. The Morgan fingerprint density at radius 3 is 2.17 bits per heavy atom. The average Bonchev–Trinajstić information content (AvgIpc) is 3.22. The highest BCUT2D eigenvalue weighted by Crippen LogP contribution is 2.25. The number of halogens is 2. The van der Waals surface area contributed by atoms with Crippen LogP contribution in [0.15, 0.2) is 39.7 Å². The van der Waals surface area contributed by atoms with Gasteiger partial charge in [-0.15, -0.1) is 0 Å². The number of H-pyrrole nitrogens is 1. The SMILES string of the molecule is C/C=c1/c(Cc2ccc(F)c(C(=O)N3CCN(C(=O)CN4CCN(CC5CCN(C(=O)c6ncc(Br)cc6NC(=O)OC(C)(C)C)CC5)CC4)CC3)c2)n[nH]c(=O)/c1=C/C. The summed E-state index contributed by atoms with van der Waals surface area (Å²) in [6.07, 6.45) is 6.45. The fourth-order valence-electron chi connectivity index (χ4n) is 8.00. The van der Waals surface area contributed by atoms with E-state index in [-0.39, 0.29) is 28.6 Å². The number of carbonyl (C=O) groups excluding carboxylic acids is 4. The van der Waals surface area contributed by atoms with Crippen molar-refractivity contribution in [2.24, 2.45) is 5.92 Å². The van der Waals surface area contributed by atoms with Crippen molar-refractivity contribution >= 4 is 57.6 Å². The second-order valence-electron chi connectivity index (χ2n) is 16.6. The van der Waals surface area contributed by atoms with Gasteiger partial charge in [-0.25, -0.2) is 19.3 Å². The standard InChI is InChI=1S/C43H55BrFN9O6/c1-6-31-32(7-2)39(56)49-48-35(31)23-29-8-9-34(45)33(22-29)40(57)54-20-18-52(19-21-54)37(55)27-51-16-14-50(15-17-51)26-28-10-12-53(13-11-28)41(58)38-36(24-30(44)25-46-38)47-42(59)60-43(3,4)5/h6-9,22,24-25,28H,10-21,23,26-27H2,1-5H3,(H,47,59)(H,49,56)/b31-6+,32-7+. The molecule has 3 aliphatic heterocycles. The van der Waals surface area contributed by atoms with Gasteiger partial charge in [0.15, 0.2) is 5.69 Å². The maximum absolute atomic E-state index is 15.0. The second-order valence-corrected chi connectivity index (χ2v) is 17.5. The van der Waals surface area contributed by atoms with Crippen LogP contribution in [-0.4, -0.2) is 148 Å². The molecule has 2 N–H and O–H groups in total. The Morgan fingerprint density at radius 1 is 0.883 bits per heavy atom. The zero-order valence-electron chi connectivity index (χ0n) is 35.1. The average molecular weight is 893 g/mol. The van der Waals surface area contributed by atoms with Crippen molar-refractivity contribution in [3.05, 3.63) is 84.1 Å². The van der Waals surface area contributed by atoms with Gasteiger partial charge < -0.3 is 24.3 Å². The predicted molar refractivity (Wildman–Crippen MR) is 229 cm³/mol. The zero-order chi connectivity index (χ0) is 43.1. The number of ether oxygens (including phenoxy) is 1. The van der Waals surface area contributed by atoms with Gasteiger partial charge in [0.1, 0.15) is 11.4 Å². The lowest BCUT2D eigenvalue weighted by molar-refractivity contribution is -0.134. The van der Waals surface area contributed by atoms with Crippen molar-refractivity contribution in [3.8, 4) is 0 Å². The van der Waals surface area contributed by atoms with Crippen molar-refractivity contribution in [3.63, 3.8) is 0 Å². The summed E-state index contributed by atoms with van der Waals surface area (Å²) in [6, 6.07) is 6.11. The number of nitrogens with zero attached hydrogens (tertiary/aromatic N) is 7. The molecular weight excluding hydrogens is 837 g/mol. The van der Waals surface area contributed by atoms with Crippen LogP contribution >= 0.6 is 15.9 Å². The highest BCUT2D eigenvalue weighted by atomic mass is 79.9. The highest BCUT2D eigenvalue weighted by Gasteiger charge is 2.31. The molecule has 3 fully saturated rings. The van der Waals surface area contributed by atoms with Gasteiger partial charge >= 0.3 is 6.09 Å². The Hall–Kier alpha value is -5.00. The van der Waals surface area contributed by atoms with Crippen LogP contribution < -0.4 is 21.3 Å². The first-order valence-corrected chi connectivity index (χ1v) is 21.4. The Kier molecular flexibility index (Phi) is 14.5. The molecule has 4 amide bonds. The van der Waals surface area contributed by atoms with E-state index in [1.165, 1.54) is 6.07 Å². The quantitative estimate of drug-likeness (QED) is 0.327. The van der Waals surface area contributed by atoms with Crippen LogP contribution in [0.3, 0.4) is 0 Å². The summed E-state index contributed by atoms with van der Waals surface area (Å²) < 4.78 is 21.0. The van der Waals surface area contributed by atoms with E-state index in [1.807, 2.05) is 13.0 Å².